The number of rotatable bonds is 4. The van der Waals surface area contributed by atoms with E-state index in [1.165, 1.54) is 6.42 Å². The summed E-state index contributed by atoms with van der Waals surface area (Å²) >= 11 is 0. The van der Waals surface area contributed by atoms with E-state index in [9.17, 15) is 9.90 Å². The summed E-state index contributed by atoms with van der Waals surface area (Å²) in [6, 6.07) is 6.78. The summed E-state index contributed by atoms with van der Waals surface area (Å²) in [4.78, 5) is 13.5. The van der Waals surface area contributed by atoms with Crippen molar-refractivity contribution in [1.29, 1.82) is 0 Å². The van der Waals surface area contributed by atoms with Gasteiger partial charge in [0.2, 0.25) is 0 Å². The monoisotopic (exact) mass is 249 g/mol. The Morgan fingerprint density at radius 3 is 2.33 bits per heavy atom. The Labute approximate surface area is 107 Å². The minimum absolute atomic E-state index is 0.531. The lowest BCUT2D eigenvalue weighted by atomic mass is 10.0. The molecular weight excluding hydrogens is 230 g/mol. The molecule has 1 saturated heterocycles. The zero-order chi connectivity index (χ0) is 13.0. The van der Waals surface area contributed by atoms with Crippen LogP contribution in [-0.2, 0) is 4.79 Å². The number of piperidine rings is 1. The minimum atomic E-state index is -0.776. The quantitative estimate of drug-likeness (QED) is 0.889. The number of nitrogens with zero attached hydrogens (tertiary/aromatic N) is 1. The predicted octanol–water partition coefficient (Wildman–Crippen LogP) is 2.31. The Kier molecular flexibility index (Phi) is 4.20. The van der Waals surface area contributed by atoms with Crippen molar-refractivity contribution in [2.75, 3.05) is 20.2 Å². The molecule has 0 spiro atoms. The molecule has 1 heterocycles. The second-order valence-corrected chi connectivity index (χ2v) is 4.61. The number of benzene rings is 1. The van der Waals surface area contributed by atoms with Gasteiger partial charge in [0, 0.05) is 0 Å². The maximum Gasteiger partial charge on any atom is 0.325 e. The van der Waals surface area contributed by atoms with Crippen molar-refractivity contribution in [2.45, 2.75) is 25.3 Å². The number of ether oxygens (including phenoxy) is 1. The van der Waals surface area contributed by atoms with Gasteiger partial charge in [-0.3, -0.25) is 9.69 Å². The first-order valence-corrected chi connectivity index (χ1v) is 6.33. The molecule has 2 rings (SSSR count). The van der Waals surface area contributed by atoms with Gasteiger partial charge in [0.25, 0.3) is 0 Å². The molecule has 0 amide bonds. The van der Waals surface area contributed by atoms with Crippen LogP contribution < -0.4 is 4.74 Å². The summed E-state index contributed by atoms with van der Waals surface area (Å²) in [5.41, 5.74) is 0.824. The Morgan fingerprint density at radius 1 is 1.22 bits per heavy atom. The summed E-state index contributed by atoms with van der Waals surface area (Å²) in [5, 5.41) is 9.43. The Hall–Kier alpha value is -1.55. The molecule has 0 bridgehead atoms. The van der Waals surface area contributed by atoms with Crippen molar-refractivity contribution in [3.05, 3.63) is 29.8 Å². The highest BCUT2D eigenvalue weighted by Crippen LogP contribution is 2.26. The Balaban J connectivity index is 2.20. The topological polar surface area (TPSA) is 49.8 Å². The number of methoxy groups -OCH3 is 1. The highest BCUT2D eigenvalue weighted by molar-refractivity contribution is 5.75. The number of carboxylic acid groups (broad SMARTS) is 1. The van der Waals surface area contributed by atoms with Crippen LogP contribution >= 0.6 is 0 Å². The van der Waals surface area contributed by atoms with Crippen molar-refractivity contribution in [2.24, 2.45) is 0 Å². The fourth-order valence-electron chi connectivity index (χ4n) is 2.47. The first-order chi connectivity index (χ1) is 8.72. The molecule has 1 N–H and O–H groups in total. The van der Waals surface area contributed by atoms with Crippen molar-refractivity contribution in [3.8, 4) is 5.75 Å². The molecule has 4 nitrogen and oxygen atoms in total. The van der Waals surface area contributed by atoms with E-state index in [-0.39, 0.29) is 0 Å². The third-order valence-corrected chi connectivity index (χ3v) is 3.42. The van der Waals surface area contributed by atoms with E-state index in [0.717, 1.165) is 37.2 Å². The van der Waals surface area contributed by atoms with E-state index in [4.69, 9.17) is 4.74 Å². The van der Waals surface area contributed by atoms with Crippen LogP contribution in [0.3, 0.4) is 0 Å². The number of likely N-dealkylation sites (tertiary alicyclic amines) is 1. The van der Waals surface area contributed by atoms with Crippen molar-refractivity contribution in [3.63, 3.8) is 0 Å². The van der Waals surface area contributed by atoms with E-state index in [1.54, 1.807) is 7.11 Å². The zero-order valence-electron chi connectivity index (χ0n) is 10.6. The van der Waals surface area contributed by atoms with Crippen LogP contribution in [-0.4, -0.2) is 36.2 Å². The second kappa shape index (κ2) is 5.87. The summed E-state index contributed by atoms with van der Waals surface area (Å²) in [5.74, 6) is -0.0244. The van der Waals surface area contributed by atoms with Gasteiger partial charge < -0.3 is 9.84 Å². The smallest absolute Gasteiger partial charge is 0.325 e. The lowest BCUT2D eigenvalue weighted by Crippen LogP contribution is -2.37. The van der Waals surface area contributed by atoms with E-state index in [0.29, 0.717) is 0 Å². The lowest BCUT2D eigenvalue weighted by Gasteiger charge is -2.32. The van der Waals surface area contributed by atoms with Crippen molar-refractivity contribution >= 4 is 5.97 Å². The van der Waals surface area contributed by atoms with E-state index < -0.39 is 12.0 Å². The maximum atomic E-state index is 11.5. The highest BCUT2D eigenvalue weighted by Gasteiger charge is 2.28. The molecule has 4 heteroatoms. The molecule has 0 aliphatic carbocycles. The molecular formula is C14H19NO3. The molecule has 0 saturated carbocycles. The van der Waals surface area contributed by atoms with Crippen LogP contribution in [0.15, 0.2) is 24.3 Å². The maximum absolute atomic E-state index is 11.5. The Morgan fingerprint density at radius 2 is 1.83 bits per heavy atom. The van der Waals surface area contributed by atoms with Gasteiger partial charge in [-0.1, -0.05) is 18.6 Å². The fraction of sp³-hybridized carbons (Fsp3) is 0.500. The summed E-state index contributed by atoms with van der Waals surface area (Å²) in [6.07, 6.45) is 3.37. The average Bonchev–Trinajstić information content (AvgIpc) is 2.40. The number of carboxylic acids is 1. The first-order valence-electron chi connectivity index (χ1n) is 6.33. The molecule has 18 heavy (non-hydrogen) atoms. The van der Waals surface area contributed by atoms with Crippen LogP contribution in [0.2, 0.25) is 0 Å². The fourth-order valence-corrected chi connectivity index (χ4v) is 2.47. The van der Waals surface area contributed by atoms with Gasteiger partial charge in [-0.25, -0.2) is 0 Å². The summed E-state index contributed by atoms with van der Waals surface area (Å²) in [6.45, 7) is 1.73. The number of hydrogen-bond donors (Lipinski definition) is 1. The molecule has 0 aromatic heterocycles. The zero-order valence-corrected chi connectivity index (χ0v) is 10.6. The van der Waals surface area contributed by atoms with Gasteiger partial charge in [-0.05, 0) is 43.6 Å². The number of hydrogen-bond acceptors (Lipinski definition) is 3. The third-order valence-electron chi connectivity index (χ3n) is 3.42. The molecule has 0 unspecified atom stereocenters. The Bertz CT molecular complexity index is 396. The van der Waals surface area contributed by atoms with Crippen LogP contribution in [0.5, 0.6) is 5.75 Å². The molecule has 98 valence electrons. The van der Waals surface area contributed by atoms with E-state index in [1.807, 2.05) is 29.2 Å². The van der Waals surface area contributed by atoms with Crippen LogP contribution in [0.4, 0.5) is 0 Å². The molecule has 1 atom stereocenters. The summed E-state index contributed by atoms with van der Waals surface area (Å²) < 4.78 is 5.09. The van der Waals surface area contributed by atoms with Gasteiger partial charge in [-0.2, -0.15) is 0 Å². The summed E-state index contributed by atoms with van der Waals surface area (Å²) in [7, 11) is 1.61. The molecule has 1 aliphatic heterocycles. The SMILES string of the molecule is COc1ccc([C@@H](C(=O)O)N2CCCCC2)cc1. The van der Waals surface area contributed by atoms with Crippen LogP contribution in [0.25, 0.3) is 0 Å². The van der Waals surface area contributed by atoms with Gasteiger partial charge in [0.05, 0.1) is 7.11 Å². The normalized spacial score (nSPS) is 18.3. The molecule has 1 aromatic carbocycles. The lowest BCUT2D eigenvalue weighted by molar-refractivity contribution is -0.144. The third kappa shape index (κ3) is 2.82. The van der Waals surface area contributed by atoms with Gasteiger partial charge in [-0.15, -0.1) is 0 Å². The van der Waals surface area contributed by atoms with Gasteiger partial charge >= 0.3 is 5.97 Å². The highest BCUT2D eigenvalue weighted by atomic mass is 16.5. The molecule has 0 radical (unpaired) electrons. The number of aliphatic carboxylic acids is 1. The van der Waals surface area contributed by atoms with E-state index in [2.05, 4.69) is 0 Å². The minimum Gasteiger partial charge on any atom is -0.497 e. The molecule has 1 aliphatic rings. The van der Waals surface area contributed by atoms with Crippen molar-refractivity contribution < 1.29 is 14.6 Å². The van der Waals surface area contributed by atoms with Crippen LogP contribution in [0, 0.1) is 0 Å². The largest absolute Gasteiger partial charge is 0.497 e. The van der Waals surface area contributed by atoms with Gasteiger partial charge in [0.15, 0.2) is 0 Å². The molecule has 1 aromatic rings. The first kappa shape index (κ1) is 12.9. The van der Waals surface area contributed by atoms with Crippen molar-refractivity contribution in [1.82, 2.24) is 4.90 Å². The number of carbonyl (C=O) groups is 1. The van der Waals surface area contributed by atoms with E-state index >= 15 is 0 Å². The average molecular weight is 249 g/mol. The van der Waals surface area contributed by atoms with Crippen LogP contribution in [0.1, 0.15) is 30.9 Å². The second-order valence-electron chi connectivity index (χ2n) is 4.61. The predicted molar refractivity (Wildman–Crippen MR) is 68.8 cm³/mol. The van der Waals surface area contributed by atoms with Gasteiger partial charge in [0.1, 0.15) is 11.8 Å². The standard InChI is InChI=1S/C14H19NO3/c1-18-12-7-5-11(6-8-12)13(14(16)17)15-9-3-2-4-10-15/h5-8,13H,2-4,9-10H2,1H3,(H,16,17)/t13-/m0/s1. The molecule has 1 fully saturated rings.